The zero-order chi connectivity index (χ0) is 15.8. The number of rotatable bonds is 6. The van der Waals surface area contributed by atoms with Gasteiger partial charge in [0.25, 0.3) is 0 Å². The van der Waals surface area contributed by atoms with E-state index in [1.165, 1.54) is 38.5 Å². The number of piperazine rings is 1. The molecule has 128 valence electrons. The summed E-state index contributed by atoms with van der Waals surface area (Å²) in [5.41, 5.74) is 0. The van der Waals surface area contributed by atoms with Gasteiger partial charge in [0.2, 0.25) is 0 Å². The summed E-state index contributed by atoms with van der Waals surface area (Å²) in [5.74, 6) is 0.907. The Balaban J connectivity index is 1.52. The van der Waals surface area contributed by atoms with E-state index in [-0.39, 0.29) is 6.03 Å². The van der Waals surface area contributed by atoms with Crippen LogP contribution in [0.15, 0.2) is 0 Å². The quantitative estimate of drug-likeness (QED) is 0.737. The van der Waals surface area contributed by atoms with Crippen LogP contribution in [0.25, 0.3) is 0 Å². The molecule has 0 radical (unpaired) electrons. The predicted molar refractivity (Wildman–Crippen MR) is 91.1 cm³/mol. The summed E-state index contributed by atoms with van der Waals surface area (Å²) in [6, 6.07) is 0.414. The Labute approximate surface area is 135 Å². The molecule has 2 N–H and O–H groups in total. The summed E-state index contributed by atoms with van der Waals surface area (Å²) in [4.78, 5) is 16.5. The molecule has 0 aromatic heterocycles. The summed E-state index contributed by atoms with van der Waals surface area (Å²) < 4.78 is 0. The Kier molecular flexibility index (Phi) is 7.46. The molecule has 5 nitrogen and oxygen atoms in total. The van der Waals surface area contributed by atoms with Gasteiger partial charge in [-0.25, -0.2) is 4.79 Å². The van der Waals surface area contributed by atoms with Crippen LogP contribution < -0.4 is 10.6 Å². The first-order chi connectivity index (χ1) is 10.6. The van der Waals surface area contributed by atoms with Gasteiger partial charge in [0.15, 0.2) is 0 Å². The van der Waals surface area contributed by atoms with Crippen molar-refractivity contribution in [3.63, 3.8) is 0 Å². The van der Waals surface area contributed by atoms with E-state index in [1.807, 2.05) is 0 Å². The molecule has 0 unspecified atom stereocenters. The first-order valence-corrected chi connectivity index (χ1v) is 9.05. The summed E-state index contributed by atoms with van der Waals surface area (Å²) >= 11 is 0. The molecule has 2 amide bonds. The Bertz CT molecular complexity index is 331. The van der Waals surface area contributed by atoms with Crippen molar-refractivity contribution in [2.24, 2.45) is 5.92 Å². The second-order valence-electron chi connectivity index (χ2n) is 7.18. The minimum Gasteiger partial charge on any atom is -0.338 e. The molecule has 0 aromatic rings. The fraction of sp³-hybridized carbons (Fsp3) is 0.941. The third kappa shape index (κ3) is 6.13. The van der Waals surface area contributed by atoms with Gasteiger partial charge >= 0.3 is 6.03 Å². The maximum absolute atomic E-state index is 11.9. The highest BCUT2D eigenvalue weighted by molar-refractivity contribution is 5.73. The number of hydrogen-bond donors (Lipinski definition) is 2. The number of amides is 2. The maximum atomic E-state index is 11.9. The van der Waals surface area contributed by atoms with E-state index < -0.39 is 0 Å². The molecule has 0 spiro atoms. The topological polar surface area (TPSA) is 47.6 Å². The van der Waals surface area contributed by atoms with Crippen LogP contribution >= 0.6 is 0 Å². The van der Waals surface area contributed by atoms with Gasteiger partial charge in [0, 0.05) is 38.8 Å². The highest BCUT2D eigenvalue weighted by Gasteiger charge is 2.22. The van der Waals surface area contributed by atoms with Gasteiger partial charge in [-0.15, -0.1) is 0 Å². The van der Waals surface area contributed by atoms with Crippen LogP contribution in [0.2, 0.25) is 0 Å². The fourth-order valence-electron chi connectivity index (χ4n) is 3.66. The second kappa shape index (κ2) is 9.36. The maximum Gasteiger partial charge on any atom is 0.314 e. The van der Waals surface area contributed by atoms with Crippen molar-refractivity contribution >= 4 is 6.03 Å². The smallest absolute Gasteiger partial charge is 0.314 e. The molecule has 1 aliphatic heterocycles. The second-order valence-corrected chi connectivity index (χ2v) is 7.18. The van der Waals surface area contributed by atoms with E-state index >= 15 is 0 Å². The Morgan fingerprint density at radius 2 is 1.86 bits per heavy atom. The van der Waals surface area contributed by atoms with Crippen molar-refractivity contribution in [3.8, 4) is 0 Å². The lowest BCUT2D eigenvalue weighted by Gasteiger charge is -2.37. The molecule has 1 saturated heterocycles. The molecule has 1 atom stereocenters. The summed E-state index contributed by atoms with van der Waals surface area (Å²) in [6.07, 6.45) is 9.41. The van der Waals surface area contributed by atoms with Gasteiger partial charge in [0.1, 0.15) is 0 Å². The lowest BCUT2D eigenvalue weighted by atomic mass is 9.86. The van der Waals surface area contributed by atoms with E-state index in [1.54, 1.807) is 0 Å². The first kappa shape index (κ1) is 17.5. The molecule has 2 rings (SSSR count). The van der Waals surface area contributed by atoms with E-state index in [0.717, 1.165) is 45.1 Å². The SMILES string of the molecule is CN1CCN(C)[C@@H](CNC(=O)NCCCC2CCCCC2)C1. The van der Waals surface area contributed by atoms with Crippen LogP contribution in [0.4, 0.5) is 4.79 Å². The number of carbonyl (C=O) groups is 1. The van der Waals surface area contributed by atoms with Crippen LogP contribution in [0.1, 0.15) is 44.9 Å². The molecule has 1 saturated carbocycles. The molecule has 0 aromatic carbocycles. The predicted octanol–water partition coefficient (Wildman–Crippen LogP) is 1.89. The van der Waals surface area contributed by atoms with Crippen molar-refractivity contribution < 1.29 is 4.79 Å². The highest BCUT2D eigenvalue weighted by atomic mass is 16.2. The van der Waals surface area contributed by atoms with Crippen molar-refractivity contribution in [2.75, 3.05) is 46.8 Å². The summed E-state index contributed by atoms with van der Waals surface area (Å²) in [6.45, 7) is 4.75. The van der Waals surface area contributed by atoms with Crippen molar-refractivity contribution in [2.45, 2.75) is 51.0 Å². The van der Waals surface area contributed by atoms with Gasteiger partial charge in [0.05, 0.1) is 0 Å². The number of nitrogens with zero attached hydrogens (tertiary/aromatic N) is 2. The third-order valence-electron chi connectivity index (χ3n) is 5.28. The van der Waals surface area contributed by atoms with Crippen molar-refractivity contribution in [3.05, 3.63) is 0 Å². The molecule has 5 heteroatoms. The van der Waals surface area contributed by atoms with Crippen molar-refractivity contribution in [1.29, 1.82) is 0 Å². The van der Waals surface area contributed by atoms with Gasteiger partial charge < -0.3 is 15.5 Å². The molecule has 2 aliphatic rings. The average Bonchev–Trinajstić information content (AvgIpc) is 2.53. The van der Waals surface area contributed by atoms with Gasteiger partial charge in [-0.1, -0.05) is 32.1 Å². The highest BCUT2D eigenvalue weighted by Crippen LogP contribution is 2.26. The minimum atomic E-state index is -0.00901. The molecule has 0 bridgehead atoms. The van der Waals surface area contributed by atoms with Crippen molar-refractivity contribution in [1.82, 2.24) is 20.4 Å². The standard InChI is InChI=1S/C17H34N4O/c1-20-11-12-21(2)16(14-20)13-19-17(22)18-10-6-9-15-7-4-3-5-8-15/h15-16H,3-14H2,1-2H3,(H2,18,19,22)/t16-/m0/s1. The van der Waals surface area contributed by atoms with E-state index in [2.05, 4.69) is 34.5 Å². The first-order valence-electron chi connectivity index (χ1n) is 9.05. The summed E-state index contributed by atoms with van der Waals surface area (Å²) in [5, 5.41) is 6.03. The summed E-state index contributed by atoms with van der Waals surface area (Å²) in [7, 11) is 4.28. The zero-order valence-electron chi connectivity index (χ0n) is 14.4. The molecular formula is C17H34N4O. The average molecular weight is 310 g/mol. The third-order valence-corrected chi connectivity index (χ3v) is 5.28. The number of carbonyl (C=O) groups excluding carboxylic acids is 1. The van der Waals surface area contributed by atoms with Crippen LogP contribution in [0.3, 0.4) is 0 Å². The van der Waals surface area contributed by atoms with Gasteiger partial charge in [-0.3, -0.25) is 4.90 Å². The fourth-order valence-corrected chi connectivity index (χ4v) is 3.66. The number of urea groups is 1. The van der Waals surface area contributed by atoms with Crippen LogP contribution in [0.5, 0.6) is 0 Å². The molecule has 22 heavy (non-hydrogen) atoms. The van der Waals surface area contributed by atoms with E-state index in [9.17, 15) is 4.79 Å². The Hall–Kier alpha value is -0.810. The molecular weight excluding hydrogens is 276 g/mol. The minimum absolute atomic E-state index is 0.00901. The normalized spacial score (nSPS) is 25.1. The van der Waals surface area contributed by atoms with Gasteiger partial charge in [-0.05, 0) is 32.9 Å². The van der Waals surface area contributed by atoms with E-state index in [0.29, 0.717) is 6.04 Å². The molecule has 1 heterocycles. The Morgan fingerprint density at radius 1 is 1.09 bits per heavy atom. The monoisotopic (exact) mass is 310 g/mol. The Morgan fingerprint density at radius 3 is 2.64 bits per heavy atom. The largest absolute Gasteiger partial charge is 0.338 e. The lowest BCUT2D eigenvalue weighted by Crippen LogP contribution is -2.55. The number of likely N-dealkylation sites (N-methyl/N-ethyl adjacent to an activating group) is 2. The van der Waals surface area contributed by atoms with Crippen LogP contribution in [-0.2, 0) is 0 Å². The number of nitrogens with one attached hydrogen (secondary N) is 2. The molecule has 1 aliphatic carbocycles. The molecule has 2 fully saturated rings. The van der Waals surface area contributed by atoms with Gasteiger partial charge in [-0.2, -0.15) is 0 Å². The number of hydrogen-bond acceptors (Lipinski definition) is 3. The van der Waals surface area contributed by atoms with Crippen LogP contribution in [0, 0.1) is 5.92 Å². The van der Waals surface area contributed by atoms with E-state index in [4.69, 9.17) is 0 Å². The zero-order valence-corrected chi connectivity index (χ0v) is 14.4. The van der Waals surface area contributed by atoms with Crippen LogP contribution in [-0.4, -0.2) is 68.7 Å². The lowest BCUT2D eigenvalue weighted by molar-refractivity contribution is 0.114.